The lowest BCUT2D eigenvalue weighted by molar-refractivity contribution is -0.132. The van der Waals surface area contributed by atoms with E-state index in [0.29, 0.717) is 6.04 Å². The van der Waals surface area contributed by atoms with Crippen molar-refractivity contribution < 1.29 is 4.79 Å². The largest absolute Gasteiger partial charge is 0.318 e. The lowest BCUT2D eigenvalue weighted by Gasteiger charge is -2.29. The van der Waals surface area contributed by atoms with Gasteiger partial charge in [0.15, 0.2) is 0 Å². The Hall–Kier alpha value is -0.870. The number of carbonyl (C=O) groups excluding carboxylic acids is 1. The van der Waals surface area contributed by atoms with Gasteiger partial charge in [-0.1, -0.05) is 32.8 Å². The molecule has 1 fully saturated rings. The number of hydrogen-bond acceptors (Lipinski definition) is 3. The van der Waals surface area contributed by atoms with E-state index >= 15 is 0 Å². The summed E-state index contributed by atoms with van der Waals surface area (Å²) in [5.41, 5.74) is 0. The van der Waals surface area contributed by atoms with Crippen molar-refractivity contribution in [3.05, 3.63) is 22.4 Å². The Morgan fingerprint density at radius 2 is 2.26 bits per heavy atom. The molecule has 3 nitrogen and oxygen atoms in total. The number of amides is 1. The zero-order valence-electron chi connectivity index (χ0n) is 12.1. The molecule has 1 aromatic rings. The smallest absolute Gasteiger partial charge is 0.241 e. The van der Waals surface area contributed by atoms with Crippen molar-refractivity contribution in [1.29, 1.82) is 0 Å². The normalized spacial score (nSPS) is 25.0. The molecule has 3 atom stereocenters. The zero-order valence-corrected chi connectivity index (χ0v) is 12.9. The molecule has 0 spiro atoms. The van der Waals surface area contributed by atoms with E-state index in [0.717, 1.165) is 25.7 Å². The number of thiophene rings is 1. The number of carbonyl (C=O) groups is 1. The third-order valence-corrected chi connectivity index (χ3v) is 4.84. The summed E-state index contributed by atoms with van der Waals surface area (Å²) < 4.78 is 0. The molecule has 0 saturated carbocycles. The van der Waals surface area contributed by atoms with Gasteiger partial charge in [0.25, 0.3) is 0 Å². The first kappa shape index (κ1) is 14.5. The summed E-state index contributed by atoms with van der Waals surface area (Å²) in [5.74, 6) is 0.279. The van der Waals surface area contributed by atoms with Gasteiger partial charge in [-0.15, -0.1) is 11.3 Å². The van der Waals surface area contributed by atoms with Crippen LogP contribution in [0, 0.1) is 0 Å². The van der Waals surface area contributed by atoms with Crippen molar-refractivity contribution in [2.75, 3.05) is 0 Å². The Kier molecular flexibility index (Phi) is 4.99. The average Bonchev–Trinajstić information content (AvgIpc) is 3.03. The van der Waals surface area contributed by atoms with Crippen LogP contribution in [0.1, 0.15) is 57.5 Å². The summed E-state index contributed by atoms with van der Waals surface area (Å²) in [5, 5.41) is 5.61. The maximum Gasteiger partial charge on any atom is 0.241 e. The molecule has 1 saturated heterocycles. The van der Waals surface area contributed by atoms with Gasteiger partial charge < -0.3 is 4.90 Å². The fourth-order valence-corrected chi connectivity index (χ4v) is 3.38. The summed E-state index contributed by atoms with van der Waals surface area (Å²) in [4.78, 5) is 15.9. The Labute approximate surface area is 120 Å². The molecule has 1 N–H and O–H groups in total. The van der Waals surface area contributed by atoms with E-state index < -0.39 is 0 Å². The van der Waals surface area contributed by atoms with E-state index in [1.165, 1.54) is 4.88 Å². The molecule has 106 valence electrons. The topological polar surface area (TPSA) is 32.3 Å². The third-order valence-electron chi connectivity index (χ3n) is 3.91. The molecule has 1 amide bonds. The van der Waals surface area contributed by atoms with Crippen molar-refractivity contribution in [2.45, 2.75) is 64.7 Å². The molecule has 1 aliphatic heterocycles. The van der Waals surface area contributed by atoms with Crippen molar-refractivity contribution in [3.8, 4) is 0 Å². The number of nitrogens with zero attached hydrogens (tertiary/aromatic N) is 1. The first-order valence-electron chi connectivity index (χ1n) is 7.30. The minimum Gasteiger partial charge on any atom is -0.318 e. The lowest BCUT2D eigenvalue weighted by Crippen LogP contribution is -2.37. The first-order valence-corrected chi connectivity index (χ1v) is 8.18. The molecule has 3 unspecified atom stereocenters. The Bertz CT molecular complexity index is 404. The van der Waals surface area contributed by atoms with Crippen LogP contribution in [-0.4, -0.2) is 22.9 Å². The fraction of sp³-hybridized carbons (Fsp3) is 0.667. The van der Waals surface area contributed by atoms with Gasteiger partial charge in [0, 0.05) is 10.9 Å². The zero-order chi connectivity index (χ0) is 13.8. The Balaban J connectivity index is 2.18. The highest BCUT2D eigenvalue weighted by atomic mass is 32.1. The summed E-state index contributed by atoms with van der Waals surface area (Å²) in [6.07, 6.45) is 4.26. The molecule has 2 heterocycles. The predicted molar refractivity (Wildman–Crippen MR) is 80.1 cm³/mol. The summed E-state index contributed by atoms with van der Waals surface area (Å²) >= 11 is 1.72. The van der Waals surface area contributed by atoms with E-state index in [-0.39, 0.29) is 18.1 Å². The molecule has 0 radical (unpaired) electrons. The van der Waals surface area contributed by atoms with Crippen LogP contribution in [0.25, 0.3) is 0 Å². The van der Waals surface area contributed by atoms with Crippen molar-refractivity contribution in [1.82, 2.24) is 10.2 Å². The number of rotatable bonds is 6. The number of unbranched alkanes of at least 4 members (excludes halogenated alkanes) is 1. The third kappa shape index (κ3) is 3.00. The minimum absolute atomic E-state index is 0.000972. The standard InChI is InChI=1S/C15H24N2OS/c1-4-6-8-12-15(18)17(11(3)5-2)14(16-12)13-9-7-10-19-13/h7,9-12,14,16H,4-6,8H2,1-3H3. The highest BCUT2D eigenvalue weighted by Crippen LogP contribution is 2.32. The summed E-state index contributed by atoms with van der Waals surface area (Å²) in [6, 6.07) is 4.47. The number of nitrogens with one attached hydrogen (secondary N) is 1. The second-order valence-electron chi connectivity index (χ2n) is 5.28. The predicted octanol–water partition coefficient (Wildman–Crippen LogP) is 3.54. The van der Waals surface area contributed by atoms with Crippen LogP contribution in [0.3, 0.4) is 0 Å². The molecule has 0 bridgehead atoms. The second-order valence-corrected chi connectivity index (χ2v) is 6.26. The van der Waals surface area contributed by atoms with E-state index in [1.807, 2.05) is 4.90 Å². The second kappa shape index (κ2) is 6.53. The van der Waals surface area contributed by atoms with Crippen LogP contribution in [0.5, 0.6) is 0 Å². The summed E-state index contributed by atoms with van der Waals surface area (Å²) in [6.45, 7) is 6.45. The maximum absolute atomic E-state index is 12.6. The van der Waals surface area contributed by atoms with Gasteiger partial charge in [0.2, 0.25) is 5.91 Å². The van der Waals surface area contributed by atoms with Gasteiger partial charge in [-0.2, -0.15) is 0 Å². The van der Waals surface area contributed by atoms with Gasteiger partial charge in [0.1, 0.15) is 6.17 Å². The lowest BCUT2D eigenvalue weighted by atomic mass is 10.1. The van der Waals surface area contributed by atoms with E-state index in [1.54, 1.807) is 11.3 Å². The van der Waals surface area contributed by atoms with E-state index in [2.05, 4.69) is 43.6 Å². The first-order chi connectivity index (χ1) is 9.19. The van der Waals surface area contributed by atoms with E-state index in [9.17, 15) is 4.79 Å². The van der Waals surface area contributed by atoms with Crippen molar-refractivity contribution in [2.24, 2.45) is 0 Å². The van der Waals surface area contributed by atoms with E-state index in [4.69, 9.17) is 0 Å². The van der Waals surface area contributed by atoms with Gasteiger partial charge in [-0.3, -0.25) is 10.1 Å². The van der Waals surface area contributed by atoms with Gasteiger partial charge in [-0.05, 0) is 31.2 Å². The van der Waals surface area contributed by atoms with Gasteiger partial charge >= 0.3 is 0 Å². The van der Waals surface area contributed by atoms with Crippen LogP contribution < -0.4 is 5.32 Å². The quantitative estimate of drug-likeness (QED) is 0.864. The summed E-state index contributed by atoms with van der Waals surface area (Å²) in [7, 11) is 0. The molecular weight excluding hydrogens is 256 g/mol. The Morgan fingerprint density at radius 3 is 2.84 bits per heavy atom. The molecule has 1 aromatic heterocycles. The van der Waals surface area contributed by atoms with Crippen molar-refractivity contribution in [3.63, 3.8) is 0 Å². The molecule has 4 heteroatoms. The Morgan fingerprint density at radius 1 is 1.47 bits per heavy atom. The van der Waals surface area contributed by atoms with Gasteiger partial charge in [-0.25, -0.2) is 0 Å². The monoisotopic (exact) mass is 280 g/mol. The molecular formula is C15H24N2OS. The van der Waals surface area contributed by atoms with Crippen LogP contribution >= 0.6 is 11.3 Å². The molecule has 19 heavy (non-hydrogen) atoms. The van der Waals surface area contributed by atoms with Crippen LogP contribution in [0.4, 0.5) is 0 Å². The highest BCUT2D eigenvalue weighted by molar-refractivity contribution is 7.10. The highest BCUT2D eigenvalue weighted by Gasteiger charge is 2.41. The van der Waals surface area contributed by atoms with Crippen LogP contribution in [-0.2, 0) is 4.79 Å². The van der Waals surface area contributed by atoms with Crippen LogP contribution in [0.2, 0.25) is 0 Å². The maximum atomic E-state index is 12.6. The molecule has 0 aliphatic carbocycles. The molecule has 2 rings (SSSR count). The number of hydrogen-bond donors (Lipinski definition) is 1. The van der Waals surface area contributed by atoms with Crippen LogP contribution in [0.15, 0.2) is 17.5 Å². The minimum atomic E-state index is 0.000972. The molecule has 0 aromatic carbocycles. The molecule has 1 aliphatic rings. The van der Waals surface area contributed by atoms with Gasteiger partial charge in [0.05, 0.1) is 6.04 Å². The van der Waals surface area contributed by atoms with Crippen molar-refractivity contribution >= 4 is 17.2 Å². The SMILES string of the molecule is CCCCC1NC(c2cccs2)N(C(C)CC)C1=O. The fourth-order valence-electron chi connectivity index (χ4n) is 2.60. The average molecular weight is 280 g/mol.